The molecule has 4 bridgehead atoms. The van der Waals surface area contributed by atoms with Gasteiger partial charge in [-0.1, -0.05) is 11.6 Å². The molecule has 4 saturated heterocycles. The van der Waals surface area contributed by atoms with Crippen molar-refractivity contribution >= 4 is 41.2 Å². The summed E-state index contributed by atoms with van der Waals surface area (Å²) in [7, 11) is 0. The zero-order valence-corrected chi connectivity index (χ0v) is 28.0. The molecule has 14 heteroatoms. The molecule has 4 aliphatic heterocycles. The van der Waals surface area contributed by atoms with Crippen LogP contribution in [0, 0.1) is 0 Å². The van der Waals surface area contributed by atoms with Gasteiger partial charge in [0.15, 0.2) is 11.0 Å². The van der Waals surface area contributed by atoms with Gasteiger partial charge in [-0.2, -0.15) is 0 Å². The molecule has 0 spiro atoms. The first kappa shape index (κ1) is 34.3. The van der Waals surface area contributed by atoms with E-state index in [1.807, 2.05) is 57.4 Å². The second-order valence-electron chi connectivity index (χ2n) is 14.0. The zero-order valence-electron chi connectivity index (χ0n) is 27.3. The zero-order chi connectivity index (χ0) is 32.9. The summed E-state index contributed by atoms with van der Waals surface area (Å²) in [6, 6.07) is 8.08. The lowest BCUT2D eigenvalue weighted by Crippen LogP contribution is -2.57. The molecular weight excluding hydrogens is 598 g/mol. The van der Waals surface area contributed by atoms with Crippen LogP contribution in [0.2, 0.25) is 5.15 Å². The highest BCUT2D eigenvalue weighted by Gasteiger charge is 2.45. The number of ether oxygens (including phenoxy) is 2. The number of aromatic nitrogens is 4. The van der Waals surface area contributed by atoms with E-state index in [1.165, 1.54) is 19.3 Å². The lowest BCUT2D eigenvalue weighted by Gasteiger charge is -2.41. The fourth-order valence-electron chi connectivity index (χ4n) is 6.26. The molecule has 4 N–H and O–H groups in total. The molecule has 4 unspecified atom stereocenters. The summed E-state index contributed by atoms with van der Waals surface area (Å²) in [5.41, 5.74) is 9.95. The van der Waals surface area contributed by atoms with Crippen molar-refractivity contribution in [2.45, 2.75) is 122 Å². The van der Waals surface area contributed by atoms with Crippen LogP contribution < -0.4 is 16.4 Å². The number of anilines is 3. The van der Waals surface area contributed by atoms with Crippen molar-refractivity contribution in [3.05, 3.63) is 29.4 Å². The highest BCUT2D eigenvalue weighted by Crippen LogP contribution is 2.36. The average Bonchev–Trinajstić information content (AvgIpc) is 3.37. The Morgan fingerprint density at radius 2 is 1.13 bits per heavy atom. The Kier molecular flexibility index (Phi) is 10.8. The van der Waals surface area contributed by atoms with Crippen LogP contribution in [-0.2, 0) is 9.47 Å². The van der Waals surface area contributed by atoms with Crippen LogP contribution in [0.15, 0.2) is 24.3 Å². The molecule has 4 atom stereocenters. The smallest absolute Gasteiger partial charge is 0.410 e. The second kappa shape index (κ2) is 14.2. The number of amides is 2. The molecular formula is C31H48ClN9O4. The summed E-state index contributed by atoms with van der Waals surface area (Å²) >= 11 is 5.38. The molecule has 0 aliphatic carbocycles. The Morgan fingerprint density at radius 3 is 1.53 bits per heavy atom. The molecule has 0 radical (unpaired) electrons. The second-order valence-corrected chi connectivity index (χ2v) is 14.4. The lowest BCUT2D eigenvalue weighted by atomic mass is 10.0. The van der Waals surface area contributed by atoms with Gasteiger partial charge in [0.05, 0.1) is 12.1 Å². The van der Waals surface area contributed by atoms with Crippen LogP contribution in [0.3, 0.4) is 0 Å². The molecule has 13 nitrogen and oxygen atoms in total. The van der Waals surface area contributed by atoms with Crippen LogP contribution in [0.4, 0.5) is 27.0 Å². The largest absolute Gasteiger partial charge is 0.444 e. The maximum Gasteiger partial charge on any atom is 0.410 e. The molecule has 2 aromatic rings. The number of piperazine rings is 1. The van der Waals surface area contributed by atoms with Crippen LogP contribution >= 0.6 is 11.6 Å². The molecule has 4 fully saturated rings. The topological polar surface area (TPSA) is 166 Å². The van der Waals surface area contributed by atoms with E-state index in [2.05, 4.69) is 25.3 Å². The van der Waals surface area contributed by atoms with E-state index in [9.17, 15) is 9.59 Å². The number of halogens is 1. The van der Waals surface area contributed by atoms with Gasteiger partial charge < -0.3 is 30.7 Å². The van der Waals surface area contributed by atoms with E-state index in [1.54, 1.807) is 18.2 Å². The maximum atomic E-state index is 12.4. The molecule has 2 amide bonds. The van der Waals surface area contributed by atoms with Crippen LogP contribution in [-0.4, -0.2) is 90.8 Å². The van der Waals surface area contributed by atoms with E-state index >= 15 is 0 Å². The summed E-state index contributed by atoms with van der Waals surface area (Å²) < 4.78 is 11.0. The Balaban J connectivity index is 0.000000172. The fraction of sp³-hybridized carbons (Fsp3) is 0.677. The summed E-state index contributed by atoms with van der Waals surface area (Å²) in [5, 5.41) is 15.4. The third-order valence-electron chi connectivity index (χ3n) is 8.03. The van der Waals surface area contributed by atoms with Gasteiger partial charge in [-0.15, -0.1) is 20.4 Å². The van der Waals surface area contributed by atoms with Crippen molar-refractivity contribution in [3.8, 4) is 0 Å². The van der Waals surface area contributed by atoms with Crippen molar-refractivity contribution in [1.29, 1.82) is 0 Å². The number of fused-ring (bicyclic) bond motifs is 4. The molecule has 6 heterocycles. The van der Waals surface area contributed by atoms with Crippen molar-refractivity contribution in [2.75, 3.05) is 29.5 Å². The normalized spacial score (nSPS) is 23.8. The minimum absolute atomic E-state index is 0.102. The summed E-state index contributed by atoms with van der Waals surface area (Å²) in [4.78, 5) is 30.5. The standard InChI is InChI=1S/C15H23N5O2.C12H21NO2.C4H4ClN3/c1-15(2,3)22-14(21)20-10-4-5-11(20)9-19(8-10)13-7-6-12(16)17-18-13;1-12(2,3)15-11(14)13-9-5-4-6-10(13)8-7-9;5-3-1-2-4(6)8-7-3/h6-7,10-11H,4-5,8-9H2,1-3H3,(H2,16,17);9-10H,4-8H2,1-3H3;1-2H,(H2,6,8). The molecule has 2 aromatic heterocycles. The van der Waals surface area contributed by atoms with Crippen molar-refractivity contribution < 1.29 is 19.1 Å². The Hall–Kier alpha value is -3.61. The highest BCUT2D eigenvalue weighted by atomic mass is 35.5. The lowest BCUT2D eigenvalue weighted by molar-refractivity contribution is 0.00756. The summed E-state index contributed by atoms with van der Waals surface area (Å²) in [6.07, 6.45) is 7.64. The minimum atomic E-state index is -0.462. The number of rotatable bonds is 1. The third kappa shape index (κ3) is 9.69. The van der Waals surface area contributed by atoms with Crippen molar-refractivity contribution in [2.24, 2.45) is 0 Å². The van der Waals surface area contributed by atoms with E-state index in [4.69, 9.17) is 32.5 Å². The quantitative estimate of drug-likeness (QED) is 0.413. The number of hydrogen-bond donors (Lipinski definition) is 2. The SMILES string of the molecule is CC(C)(C)OC(=O)N1C2CCC1CN(c1ccc(N)nn1)C2.CC(C)(C)OC(=O)N1C2CCCC1CC2.Nc1ccc(Cl)nn1. The van der Waals surface area contributed by atoms with Gasteiger partial charge in [-0.05, 0) is 111 Å². The van der Waals surface area contributed by atoms with Crippen molar-refractivity contribution in [1.82, 2.24) is 30.2 Å². The number of nitrogen functional groups attached to an aromatic ring is 2. The van der Waals surface area contributed by atoms with E-state index in [0.29, 0.717) is 28.9 Å². The Morgan fingerprint density at radius 1 is 0.689 bits per heavy atom. The van der Waals surface area contributed by atoms with Crippen LogP contribution in [0.1, 0.15) is 86.5 Å². The van der Waals surface area contributed by atoms with Gasteiger partial charge in [0.2, 0.25) is 0 Å². The highest BCUT2D eigenvalue weighted by molar-refractivity contribution is 6.29. The van der Waals surface area contributed by atoms with Crippen molar-refractivity contribution in [3.63, 3.8) is 0 Å². The number of nitrogens with two attached hydrogens (primary N) is 2. The van der Waals surface area contributed by atoms with Gasteiger partial charge in [-0.3, -0.25) is 4.90 Å². The number of nitrogens with zero attached hydrogens (tertiary/aromatic N) is 7. The van der Waals surface area contributed by atoms with E-state index in [-0.39, 0.29) is 29.9 Å². The summed E-state index contributed by atoms with van der Waals surface area (Å²) in [6.45, 7) is 13.0. The van der Waals surface area contributed by atoms with Crippen LogP contribution in [0.25, 0.3) is 0 Å². The average molecular weight is 646 g/mol. The Labute approximate surface area is 270 Å². The molecule has 45 heavy (non-hydrogen) atoms. The first-order valence-electron chi connectivity index (χ1n) is 15.7. The van der Waals surface area contributed by atoms with Gasteiger partial charge in [0, 0.05) is 25.2 Å². The fourth-order valence-corrected chi connectivity index (χ4v) is 6.36. The molecule has 6 rings (SSSR count). The predicted molar refractivity (Wildman–Crippen MR) is 174 cm³/mol. The number of carbonyl (C=O) groups excluding carboxylic acids is 2. The molecule has 4 aliphatic rings. The monoisotopic (exact) mass is 645 g/mol. The number of piperidine rings is 1. The molecule has 248 valence electrons. The van der Waals surface area contributed by atoms with E-state index < -0.39 is 5.60 Å². The third-order valence-corrected chi connectivity index (χ3v) is 8.23. The first-order valence-corrected chi connectivity index (χ1v) is 16.1. The number of carbonyl (C=O) groups is 2. The first-order chi connectivity index (χ1) is 21.1. The Bertz CT molecular complexity index is 1230. The predicted octanol–water partition coefficient (Wildman–Crippen LogP) is 5.30. The van der Waals surface area contributed by atoms with Gasteiger partial charge in [-0.25, -0.2) is 9.59 Å². The van der Waals surface area contributed by atoms with Gasteiger partial charge >= 0.3 is 12.2 Å². The summed E-state index contributed by atoms with van der Waals surface area (Å²) in [5.74, 6) is 1.61. The van der Waals surface area contributed by atoms with Gasteiger partial charge in [0.25, 0.3) is 0 Å². The molecule has 0 aromatic carbocycles. The maximum absolute atomic E-state index is 12.4. The van der Waals surface area contributed by atoms with Crippen LogP contribution in [0.5, 0.6) is 0 Å². The molecule has 0 saturated carbocycles. The minimum Gasteiger partial charge on any atom is -0.444 e. The van der Waals surface area contributed by atoms with Gasteiger partial charge in [0.1, 0.15) is 22.8 Å². The number of hydrogen-bond acceptors (Lipinski definition) is 11. The van der Waals surface area contributed by atoms with E-state index in [0.717, 1.165) is 44.6 Å².